The Labute approximate surface area is 175 Å². The first-order valence-corrected chi connectivity index (χ1v) is 10.2. The number of aromatic hydroxyl groups is 1. The number of nitrogens with zero attached hydrogens (tertiary/aromatic N) is 2. The van der Waals surface area contributed by atoms with Gasteiger partial charge in [-0.15, -0.1) is 0 Å². The summed E-state index contributed by atoms with van der Waals surface area (Å²) in [6.07, 6.45) is 1.58. The van der Waals surface area contributed by atoms with Crippen LogP contribution >= 0.6 is 27.3 Å². The fraction of sp³-hybridized carbons (Fsp3) is 0. The summed E-state index contributed by atoms with van der Waals surface area (Å²) in [7, 11) is 0. The van der Waals surface area contributed by atoms with Crippen molar-refractivity contribution in [1.29, 1.82) is 0 Å². The lowest BCUT2D eigenvalue weighted by atomic mass is 10.1. The molecule has 0 aliphatic rings. The number of hydrogen-bond acceptors (Lipinski definition) is 5. The Morgan fingerprint density at radius 1 is 0.929 bits per heavy atom. The van der Waals surface area contributed by atoms with E-state index < -0.39 is 0 Å². The molecule has 0 saturated carbocycles. The molecular formula is C22H16BrN3OS. The van der Waals surface area contributed by atoms with Crippen LogP contribution in [0, 0.1) is 0 Å². The van der Waals surface area contributed by atoms with Gasteiger partial charge in [-0.25, -0.2) is 4.98 Å². The second kappa shape index (κ2) is 8.37. The Balaban J connectivity index is 1.66. The van der Waals surface area contributed by atoms with Crippen molar-refractivity contribution in [3.63, 3.8) is 0 Å². The summed E-state index contributed by atoms with van der Waals surface area (Å²) in [5.41, 5.74) is 6.69. The molecule has 6 heteroatoms. The molecule has 1 aromatic heterocycles. The normalized spacial score (nSPS) is 11.0. The molecule has 4 rings (SSSR count). The predicted molar refractivity (Wildman–Crippen MR) is 120 cm³/mol. The van der Waals surface area contributed by atoms with Gasteiger partial charge in [0.15, 0.2) is 0 Å². The monoisotopic (exact) mass is 449 g/mol. The highest BCUT2D eigenvalue weighted by atomic mass is 79.9. The third kappa shape index (κ3) is 4.13. The summed E-state index contributed by atoms with van der Waals surface area (Å²) in [6, 6.07) is 25.5. The molecule has 0 amide bonds. The Kier molecular flexibility index (Phi) is 5.50. The van der Waals surface area contributed by atoms with E-state index in [1.807, 2.05) is 48.5 Å². The van der Waals surface area contributed by atoms with Gasteiger partial charge in [0, 0.05) is 15.6 Å². The van der Waals surface area contributed by atoms with Crippen molar-refractivity contribution < 1.29 is 5.11 Å². The van der Waals surface area contributed by atoms with E-state index in [1.165, 1.54) is 0 Å². The van der Waals surface area contributed by atoms with Crippen molar-refractivity contribution in [2.75, 3.05) is 5.43 Å². The summed E-state index contributed by atoms with van der Waals surface area (Å²) >= 11 is 4.94. The van der Waals surface area contributed by atoms with Gasteiger partial charge in [-0.1, -0.05) is 87.9 Å². The fourth-order valence-electron chi connectivity index (χ4n) is 2.73. The lowest BCUT2D eigenvalue weighted by Crippen LogP contribution is -1.91. The summed E-state index contributed by atoms with van der Waals surface area (Å²) in [5, 5.41) is 14.9. The zero-order chi connectivity index (χ0) is 19.3. The van der Waals surface area contributed by atoms with Gasteiger partial charge >= 0.3 is 0 Å². The van der Waals surface area contributed by atoms with E-state index in [9.17, 15) is 5.11 Å². The molecule has 1 heterocycles. The number of halogens is 1. The van der Waals surface area contributed by atoms with Crippen molar-refractivity contribution in [2.45, 2.75) is 0 Å². The molecule has 0 spiro atoms. The van der Waals surface area contributed by atoms with E-state index in [1.54, 1.807) is 35.8 Å². The highest BCUT2D eigenvalue weighted by molar-refractivity contribution is 9.10. The van der Waals surface area contributed by atoms with Gasteiger partial charge in [0.25, 0.3) is 0 Å². The molecule has 4 aromatic rings. The molecule has 28 heavy (non-hydrogen) atoms. The van der Waals surface area contributed by atoms with E-state index in [2.05, 4.69) is 38.6 Å². The molecule has 0 fully saturated rings. The van der Waals surface area contributed by atoms with Crippen LogP contribution in [-0.2, 0) is 0 Å². The van der Waals surface area contributed by atoms with E-state index >= 15 is 0 Å². The molecule has 0 unspecified atom stereocenters. The van der Waals surface area contributed by atoms with Crippen LogP contribution in [0.1, 0.15) is 5.56 Å². The van der Waals surface area contributed by atoms with Crippen LogP contribution in [0.25, 0.3) is 21.7 Å². The quantitative estimate of drug-likeness (QED) is 0.274. The van der Waals surface area contributed by atoms with Crippen molar-refractivity contribution in [2.24, 2.45) is 5.10 Å². The Hall–Kier alpha value is -2.96. The first kappa shape index (κ1) is 18.4. The molecular weight excluding hydrogens is 434 g/mol. The van der Waals surface area contributed by atoms with Crippen LogP contribution in [0.4, 0.5) is 5.13 Å². The Morgan fingerprint density at radius 3 is 2.32 bits per heavy atom. The van der Waals surface area contributed by atoms with Gasteiger partial charge in [-0.3, -0.25) is 5.43 Å². The predicted octanol–water partition coefficient (Wildman–Crippen LogP) is 6.39. The number of phenols is 1. The second-order valence-corrected chi connectivity index (χ2v) is 7.92. The maximum absolute atomic E-state index is 9.92. The number of benzene rings is 3. The molecule has 0 atom stereocenters. The maximum atomic E-state index is 9.92. The zero-order valence-electron chi connectivity index (χ0n) is 14.7. The minimum absolute atomic E-state index is 0.169. The van der Waals surface area contributed by atoms with Gasteiger partial charge in [-0.2, -0.15) is 5.10 Å². The number of hydrazone groups is 1. The number of thiazole rings is 1. The molecule has 4 nitrogen and oxygen atoms in total. The van der Waals surface area contributed by atoms with Crippen LogP contribution in [0.2, 0.25) is 0 Å². The number of phenolic OH excluding ortho intramolecular Hbond substituents is 1. The largest absolute Gasteiger partial charge is 0.507 e. The van der Waals surface area contributed by atoms with Crippen LogP contribution in [0.15, 0.2) is 88.4 Å². The maximum Gasteiger partial charge on any atom is 0.204 e. The first-order valence-electron chi connectivity index (χ1n) is 8.60. The lowest BCUT2D eigenvalue weighted by molar-refractivity contribution is 0.474. The molecule has 138 valence electrons. The molecule has 0 radical (unpaired) electrons. The minimum Gasteiger partial charge on any atom is -0.507 e. The van der Waals surface area contributed by atoms with Gasteiger partial charge in [0.2, 0.25) is 5.13 Å². The molecule has 2 N–H and O–H groups in total. The van der Waals surface area contributed by atoms with E-state index in [0.717, 1.165) is 26.2 Å². The standard InChI is InChI=1S/C22H16BrN3OS/c23-18-11-12-19(27)17(13-18)14-24-26-22-25-20(15-7-3-1-4-8-15)21(28-22)16-9-5-2-6-10-16/h1-14,27H,(H,25,26)/b24-14-. The van der Waals surface area contributed by atoms with Crippen LogP contribution in [0.5, 0.6) is 5.75 Å². The topological polar surface area (TPSA) is 57.5 Å². The van der Waals surface area contributed by atoms with Crippen LogP contribution in [0.3, 0.4) is 0 Å². The number of aromatic nitrogens is 1. The summed E-state index contributed by atoms with van der Waals surface area (Å²) in [6.45, 7) is 0. The average Bonchev–Trinajstić information content (AvgIpc) is 3.16. The van der Waals surface area contributed by atoms with E-state index in [4.69, 9.17) is 4.98 Å². The molecule has 3 aromatic carbocycles. The van der Waals surface area contributed by atoms with Gasteiger partial charge < -0.3 is 5.11 Å². The fourth-order valence-corrected chi connectivity index (χ4v) is 4.05. The SMILES string of the molecule is Oc1ccc(Br)cc1/C=N\Nc1nc(-c2ccccc2)c(-c2ccccc2)s1. The molecule has 0 bridgehead atoms. The van der Waals surface area contributed by atoms with Crippen molar-refractivity contribution in [1.82, 2.24) is 4.98 Å². The van der Waals surface area contributed by atoms with E-state index in [0.29, 0.717) is 10.7 Å². The zero-order valence-corrected chi connectivity index (χ0v) is 17.1. The second-order valence-electron chi connectivity index (χ2n) is 6.00. The van der Waals surface area contributed by atoms with Gasteiger partial charge in [0.05, 0.1) is 16.8 Å². The number of rotatable bonds is 5. The molecule has 0 aliphatic heterocycles. The first-order chi connectivity index (χ1) is 13.7. The van der Waals surface area contributed by atoms with Crippen molar-refractivity contribution in [3.8, 4) is 27.4 Å². The van der Waals surface area contributed by atoms with Crippen molar-refractivity contribution >= 4 is 38.6 Å². The summed E-state index contributed by atoms with van der Waals surface area (Å²) in [4.78, 5) is 5.83. The number of anilines is 1. The highest BCUT2D eigenvalue weighted by Crippen LogP contribution is 2.38. The minimum atomic E-state index is 0.169. The molecule has 0 aliphatic carbocycles. The lowest BCUT2D eigenvalue weighted by Gasteiger charge is -2.02. The van der Waals surface area contributed by atoms with Gasteiger partial charge in [0.1, 0.15) is 5.75 Å². The third-order valence-electron chi connectivity index (χ3n) is 4.06. The number of nitrogens with one attached hydrogen (secondary N) is 1. The van der Waals surface area contributed by atoms with Crippen LogP contribution in [-0.4, -0.2) is 16.3 Å². The Morgan fingerprint density at radius 2 is 1.61 bits per heavy atom. The van der Waals surface area contributed by atoms with E-state index in [-0.39, 0.29) is 5.75 Å². The summed E-state index contributed by atoms with van der Waals surface area (Å²) in [5.74, 6) is 0.169. The van der Waals surface area contributed by atoms with Crippen molar-refractivity contribution in [3.05, 3.63) is 88.9 Å². The number of hydrogen-bond donors (Lipinski definition) is 2. The summed E-state index contributed by atoms with van der Waals surface area (Å²) < 4.78 is 0.874. The van der Waals surface area contributed by atoms with Gasteiger partial charge in [-0.05, 0) is 23.8 Å². The Bertz CT molecular complexity index is 1050. The average molecular weight is 450 g/mol. The molecule has 0 saturated heterocycles. The third-order valence-corrected chi connectivity index (χ3v) is 5.57. The highest BCUT2D eigenvalue weighted by Gasteiger charge is 2.14. The smallest absolute Gasteiger partial charge is 0.204 e. The van der Waals surface area contributed by atoms with Crippen LogP contribution < -0.4 is 5.43 Å².